The lowest BCUT2D eigenvalue weighted by molar-refractivity contribution is 0.0483. The molecule has 0 amide bonds. The van der Waals surface area contributed by atoms with Gasteiger partial charge in [-0.1, -0.05) is 0 Å². The zero-order chi connectivity index (χ0) is 10.7. The quantitative estimate of drug-likeness (QED) is 0.775. The van der Waals surface area contributed by atoms with Crippen LogP contribution in [0.5, 0.6) is 0 Å². The van der Waals surface area contributed by atoms with Crippen LogP contribution in [-0.4, -0.2) is 13.2 Å². The number of benzene rings is 1. The van der Waals surface area contributed by atoms with Crippen LogP contribution in [0.2, 0.25) is 0 Å². The van der Waals surface area contributed by atoms with E-state index in [-0.39, 0.29) is 0 Å². The first kappa shape index (κ1) is 9.21. The molecule has 1 aromatic carbocycles. The average Bonchev–Trinajstić information content (AvgIpc) is 1.97. The molecule has 0 spiro atoms. The molecule has 2 bridgehead atoms. The first-order valence-electron chi connectivity index (χ1n) is 5.14. The molecule has 4 rings (SSSR count). The normalized spacial score (nSPS) is 32.9. The maximum absolute atomic E-state index is 12.2. The van der Waals surface area contributed by atoms with Crippen molar-refractivity contribution in [2.24, 2.45) is 5.92 Å². The molecule has 15 heavy (non-hydrogen) atoms. The summed E-state index contributed by atoms with van der Waals surface area (Å²) in [4.78, 5) is 0.426. The third-order valence-electron chi connectivity index (χ3n) is 3.74. The fourth-order valence-electron chi connectivity index (χ4n) is 2.63. The van der Waals surface area contributed by atoms with E-state index in [1.54, 1.807) is 24.3 Å². The van der Waals surface area contributed by atoms with E-state index in [9.17, 15) is 8.42 Å². The van der Waals surface area contributed by atoms with Crippen molar-refractivity contribution in [2.45, 2.75) is 28.9 Å². The van der Waals surface area contributed by atoms with Gasteiger partial charge < -0.3 is 5.73 Å². The van der Waals surface area contributed by atoms with Gasteiger partial charge in [0.25, 0.3) is 0 Å². The number of hydrogen-bond donors (Lipinski definition) is 1. The Hall–Kier alpha value is -1.03. The molecule has 3 aliphatic rings. The molecule has 0 saturated heterocycles. The van der Waals surface area contributed by atoms with E-state index < -0.39 is 14.6 Å². The van der Waals surface area contributed by atoms with Crippen LogP contribution >= 0.6 is 0 Å². The Bertz CT molecular complexity index is 487. The van der Waals surface area contributed by atoms with Crippen molar-refractivity contribution in [3.05, 3.63) is 24.3 Å². The number of hydrogen-bond acceptors (Lipinski definition) is 3. The summed E-state index contributed by atoms with van der Waals surface area (Å²) < 4.78 is 24.1. The molecule has 0 heterocycles. The zero-order valence-electron chi connectivity index (χ0n) is 8.31. The predicted molar refractivity (Wildman–Crippen MR) is 58.1 cm³/mol. The van der Waals surface area contributed by atoms with E-state index >= 15 is 0 Å². The molecule has 3 nitrogen and oxygen atoms in total. The Labute approximate surface area is 89.2 Å². The van der Waals surface area contributed by atoms with Gasteiger partial charge in [0.05, 0.1) is 9.64 Å². The predicted octanol–water partition coefficient (Wildman–Crippen LogP) is 1.60. The standard InChI is InChI=1S/C11H13NO2S/c12-9-1-3-10(4-2-9)15(13,14)11-5-8(6-11)7-11/h1-4,8H,5-7,12H2. The molecule has 3 fully saturated rings. The molecule has 80 valence electrons. The van der Waals surface area contributed by atoms with E-state index in [0.29, 0.717) is 16.5 Å². The van der Waals surface area contributed by atoms with Crippen molar-refractivity contribution in [1.82, 2.24) is 0 Å². The van der Waals surface area contributed by atoms with E-state index in [1.807, 2.05) is 0 Å². The van der Waals surface area contributed by atoms with Gasteiger partial charge in [-0.2, -0.15) is 0 Å². The number of sulfone groups is 1. The largest absolute Gasteiger partial charge is 0.399 e. The Kier molecular flexibility index (Phi) is 1.57. The molecular weight excluding hydrogens is 210 g/mol. The molecule has 0 atom stereocenters. The van der Waals surface area contributed by atoms with E-state index in [1.165, 1.54) is 0 Å². The van der Waals surface area contributed by atoms with Gasteiger partial charge in [-0.3, -0.25) is 0 Å². The average molecular weight is 223 g/mol. The van der Waals surface area contributed by atoms with Gasteiger partial charge in [0, 0.05) is 5.69 Å². The lowest BCUT2D eigenvalue weighted by Gasteiger charge is -2.60. The van der Waals surface area contributed by atoms with Crippen LogP contribution in [0.4, 0.5) is 5.69 Å². The Morgan fingerprint density at radius 2 is 1.67 bits per heavy atom. The Morgan fingerprint density at radius 3 is 2.07 bits per heavy atom. The summed E-state index contributed by atoms with van der Waals surface area (Å²) in [6, 6.07) is 6.53. The second-order valence-electron chi connectivity index (χ2n) is 4.73. The number of nitrogen functional groups attached to an aromatic ring is 1. The fraction of sp³-hybridized carbons (Fsp3) is 0.455. The summed E-state index contributed by atoms with van der Waals surface area (Å²) >= 11 is 0. The highest BCUT2D eigenvalue weighted by Gasteiger charge is 2.64. The van der Waals surface area contributed by atoms with Gasteiger partial charge >= 0.3 is 0 Å². The summed E-state index contributed by atoms with van der Waals surface area (Å²) in [6.45, 7) is 0. The minimum atomic E-state index is -3.11. The van der Waals surface area contributed by atoms with Gasteiger partial charge in [-0.25, -0.2) is 8.42 Å². The molecule has 0 aromatic heterocycles. The third kappa shape index (κ3) is 1.03. The van der Waals surface area contributed by atoms with Gasteiger partial charge in [0.2, 0.25) is 0 Å². The Morgan fingerprint density at radius 1 is 1.13 bits per heavy atom. The van der Waals surface area contributed by atoms with Crippen molar-refractivity contribution >= 4 is 15.5 Å². The van der Waals surface area contributed by atoms with E-state index in [0.717, 1.165) is 19.3 Å². The highest BCUT2D eigenvalue weighted by molar-refractivity contribution is 7.93. The third-order valence-corrected chi connectivity index (χ3v) is 6.28. The monoisotopic (exact) mass is 223 g/mol. The van der Waals surface area contributed by atoms with Crippen LogP contribution in [0, 0.1) is 5.92 Å². The fourth-order valence-corrected chi connectivity index (χ4v) is 4.98. The van der Waals surface area contributed by atoms with Crippen molar-refractivity contribution in [3.63, 3.8) is 0 Å². The highest BCUT2D eigenvalue weighted by Crippen LogP contribution is 2.63. The van der Waals surface area contributed by atoms with Crippen LogP contribution in [0.25, 0.3) is 0 Å². The van der Waals surface area contributed by atoms with Gasteiger partial charge in [-0.05, 0) is 49.4 Å². The van der Waals surface area contributed by atoms with Crippen LogP contribution in [0.3, 0.4) is 0 Å². The summed E-state index contributed by atoms with van der Waals surface area (Å²) in [5, 5.41) is 0. The minimum absolute atomic E-state index is 0.409. The van der Waals surface area contributed by atoms with Gasteiger partial charge in [-0.15, -0.1) is 0 Å². The summed E-state index contributed by atoms with van der Waals surface area (Å²) in [5.41, 5.74) is 6.14. The number of rotatable bonds is 2. The topological polar surface area (TPSA) is 60.2 Å². The number of anilines is 1. The van der Waals surface area contributed by atoms with Crippen molar-refractivity contribution in [2.75, 3.05) is 5.73 Å². The first-order valence-corrected chi connectivity index (χ1v) is 6.62. The van der Waals surface area contributed by atoms with Crippen molar-refractivity contribution in [1.29, 1.82) is 0 Å². The van der Waals surface area contributed by atoms with Gasteiger partial charge in [0.1, 0.15) is 0 Å². The minimum Gasteiger partial charge on any atom is -0.399 e. The Balaban J connectivity index is 2.02. The van der Waals surface area contributed by atoms with E-state index in [4.69, 9.17) is 5.73 Å². The SMILES string of the molecule is Nc1ccc(S(=O)(=O)C23CC(C2)C3)cc1. The molecule has 3 saturated carbocycles. The van der Waals surface area contributed by atoms with Gasteiger partial charge in [0.15, 0.2) is 9.84 Å². The molecule has 1 aromatic rings. The van der Waals surface area contributed by atoms with Crippen LogP contribution < -0.4 is 5.73 Å². The summed E-state index contributed by atoms with van der Waals surface area (Å²) in [5.74, 6) is 0.675. The molecule has 2 N–H and O–H groups in total. The van der Waals surface area contributed by atoms with E-state index in [2.05, 4.69) is 0 Å². The van der Waals surface area contributed by atoms with Crippen molar-refractivity contribution < 1.29 is 8.42 Å². The van der Waals surface area contributed by atoms with Crippen LogP contribution in [-0.2, 0) is 9.84 Å². The molecule has 0 unspecified atom stereocenters. The van der Waals surface area contributed by atoms with Crippen LogP contribution in [0.1, 0.15) is 19.3 Å². The van der Waals surface area contributed by atoms with Crippen molar-refractivity contribution in [3.8, 4) is 0 Å². The lowest BCUT2D eigenvalue weighted by Crippen LogP contribution is -2.62. The molecular formula is C11H13NO2S. The maximum atomic E-state index is 12.2. The highest BCUT2D eigenvalue weighted by atomic mass is 32.2. The molecule has 4 heteroatoms. The second-order valence-corrected chi connectivity index (χ2v) is 7.08. The maximum Gasteiger partial charge on any atom is 0.184 e. The first-order chi connectivity index (χ1) is 7.03. The molecule has 3 aliphatic carbocycles. The zero-order valence-corrected chi connectivity index (χ0v) is 9.13. The summed E-state index contributed by atoms with van der Waals surface area (Å²) in [7, 11) is -3.11. The summed E-state index contributed by atoms with van der Waals surface area (Å²) in [6.07, 6.45) is 2.58. The second kappa shape index (κ2) is 2.55. The lowest BCUT2D eigenvalue weighted by atomic mass is 9.55. The molecule has 0 radical (unpaired) electrons. The smallest absolute Gasteiger partial charge is 0.184 e. The number of nitrogens with two attached hydrogens (primary N) is 1. The molecule has 0 aliphatic heterocycles. The van der Waals surface area contributed by atoms with Crippen LogP contribution in [0.15, 0.2) is 29.2 Å².